The van der Waals surface area contributed by atoms with Crippen molar-refractivity contribution >= 4 is 44.6 Å². The lowest BCUT2D eigenvalue weighted by molar-refractivity contribution is -0.385. The highest BCUT2D eigenvalue weighted by atomic mass is 35.5. The summed E-state index contributed by atoms with van der Waals surface area (Å²) in [7, 11) is -3.64. The van der Waals surface area contributed by atoms with Gasteiger partial charge in [-0.25, -0.2) is 8.42 Å². The number of amides is 1. The van der Waals surface area contributed by atoms with Gasteiger partial charge in [0.2, 0.25) is 10.0 Å². The number of halogens is 1. The first-order valence-corrected chi connectivity index (χ1v) is 13.8. The molecule has 0 spiro atoms. The molecular weight excluding hydrogens is 532 g/mol. The Labute approximate surface area is 226 Å². The van der Waals surface area contributed by atoms with Gasteiger partial charge in [-0.3, -0.25) is 14.9 Å². The van der Waals surface area contributed by atoms with Crippen LogP contribution in [-0.4, -0.2) is 56.3 Å². The molecule has 12 heteroatoms. The molecule has 0 atom stereocenters. The average molecular weight is 559 g/mol. The second-order valence-electron chi connectivity index (χ2n) is 8.67. The summed E-state index contributed by atoms with van der Waals surface area (Å²) in [5, 5.41) is 14.6. The Hall–Kier alpha value is -3.67. The molecule has 0 saturated carbocycles. The van der Waals surface area contributed by atoms with Gasteiger partial charge < -0.3 is 15.0 Å². The molecule has 1 heterocycles. The number of carbonyl (C=O) groups excluding carboxylic acids is 1. The van der Waals surface area contributed by atoms with Gasteiger partial charge in [0.05, 0.1) is 32.8 Å². The van der Waals surface area contributed by atoms with Crippen LogP contribution in [0.1, 0.15) is 22.8 Å². The predicted octanol–water partition coefficient (Wildman–Crippen LogP) is 4.72. The Morgan fingerprint density at radius 3 is 2.39 bits per heavy atom. The number of nitro groups is 1. The van der Waals surface area contributed by atoms with Crippen LogP contribution in [0.2, 0.25) is 5.02 Å². The molecule has 0 radical (unpaired) electrons. The predicted molar refractivity (Wildman–Crippen MR) is 146 cm³/mol. The fraction of sp³-hybridized carbons (Fsp3) is 0.269. The van der Waals surface area contributed by atoms with Crippen LogP contribution >= 0.6 is 11.6 Å². The van der Waals surface area contributed by atoms with Crippen LogP contribution in [0, 0.1) is 17.0 Å². The molecule has 1 fully saturated rings. The van der Waals surface area contributed by atoms with Gasteiger partial charge >= 0.3 is 5.69 Å². The van der Waals surface area contributed by atoms with E-state index in [1.807, 2.05) is 11.8 Å². The number of piperazine rings is 1. The summed E-state index contributed by atoms with van der Waals surface area (Å²) >= 11 is 6.52. The van der Waals surface area contributed by atoms with E-state index >= 15 is 0 Å². The van der Waals surface area contributed by atoms with Crippen LogP contribution in [0.5, 0.6) is 5.75 Å². The molecule has 3 aromatic carbocycles. The number of ether oxygens (including phenoxy) is 1. The summed E-state index contributed by atoms with van der Waals surface area (Å²) in [5.41, 5.74) is 1.71. The molecule has 0 aromatic heterocycles. The first kappa shape index (κ1) is 27.4. The zero-order chi connectivity index (χ0) is 27.4. The number of hydrogen-bond donors (Lipinski definition) is 1. The Morgan fingerprint density at radius 1 is 1.08 bits per heavy atom. The van der Waals surface area contributed by atoms with E-state index in [-0.39, 0.29) is 41.6 Å². The second-order valence-corrected chi connectivity index (χ2v) is 11.0. The van der Waals surface area contributed by atoms with Crippen LogP contribution in [0.3, 0.4) is 0 Å². The molecule has 1 N–H and O–H groups in total. The number of benzene rings is 3. The van der Waals surface area contributed by atoms with E-state index in [9.17, 15) is 23.3 Å². The molecular formula is C26H27ClN4O6S. The monoisotopic (exact) mass is 558 g/mol. The summed E-state index contributed by atoms with van der Waals surface area (Å²) in [6.45, 7) is 5.03. The molecule has 200 valence electrons. The lowest BCUT2D eigenvalue weighted by Gasteiger charge is -2.36. The normalized spacial score (nSPS) is 14.2. The van der Waals surface area contributed by atoms with E-state index in [1.54, 1.807) is 49.4 Å². The highest BCUT2D eigenvalue weighted by molar-refractivity contribution is 7.89. The Morgan fingerprint density at radius 2 is 1.76 bits per heavy atom. The van der Waals surface area contributed by atoms with Crippen molar-refractivity contribution in [3.63, 3.8) is 0 Å². The van der Waals surface area contributed by atoms with Gasteiger partial charge in [0.25, 0.3) is 5.91 Å². The van der Waals surface area contributed by atoms with Gasteiger partial charge in [0.15, 0.2) is 5.75 Å². The van der Waals surface area contributed by atoms with Crippen molar-refractivity contribution in [2.75, 3.05) is 43.0 Å². The standard InChI is InChI=1S/C26H27ClN4O6S/c1-3-37-24-12-9-19(17-23(24)31(33)34)26(32)28-22-6-4-5-21(27)25(22)29-13-15-30(16-14-29)38(35,36)20-10-7-18(2)8-11-20/h4-12,17H,3,13-16H2,1-2H3,(H,28,32). The minimum absolute atomic E-state index is 0.0796. The highest BCUT2D eigenvalue weighted by Crippen LogP contribution is 2.36. The first-order valence-electron chi connectivity index (χ1n) is 11.9. The average Bonchev–Trinajstić information content (AvgIpc) is 2.89. The van der Waals surface area contributed by atoms with Crippen LogP contribution in [0.25, 0.3) is 0 Å². The number of hydrogen-bond acceptors (Lipinski definition) is 7. The molecule has 1 aliphatic rings. The summed E-state index contributed by atoms with van der Waals surface area (Å²) < 4.78 is 32.9. The van der Waals surface area contributed by atoms with Gasteiger partial charge in [-0.2, -0.15) is 4.31 Å². The van der Waals surface area contributed by atoms with Gasteiger partial charge in [0, 0.05) is 37.8 Å². The van der Waals surface area contributed by atoms with E-state index < -0.39 is 20.9 Å². The van der Waals surface area contributed by atoms with Crippen molar-refractivity contribution < 1.29 is 22.9 Å². The molecule has 10 nitrogen and oxygen atoms in total. The van der Waals surface area contributed by atoms with Crippen molar-refractivity contribution in [1.82, 2.24) is 4.31 Å². The van der Waals surface area contributed by atoms with Crippen molar-refractivity contribution in [3.8, 4) is 5.75 Å². The van der Waals surface area contributed by atoms with Crippen LogP contribution in [0.15, 0.2) is 65.6 Å². The third kappa shape index (κ3) is 5.74. The number of anilines is 2. The number of nitrogens with one attached hydrogen (secondary N) is 1. The molecule has 1 aliphatic heterocycles. The maximum atomic E-state index is 13.1. The number of nitro benzene ring substituents is 1. The topological polar surface area (TPSA) is 122 Å². The number of para-hydroxylation sites is 1. The molecule has 4 rings (SSSR count). The molecule has 0 bridgehead atoms. The smallest absolute Gasteiger partial charge is 0.311 e. The van der Waals surface area contributed by atoms with Gasteiger partial charge in [0.1, 0.15) is 0 Å². The molecule has 0 unspecified atom stereocenters. The zero-order valence-electron chi connectivity index (χ0n) is 20.9. The van der Waals surface area contributed by atoms with Gasteiger partial charge in [-0.1, -0.05) is 35.4 Å². The fourth-order valence-electron chi connectivity index (χ4n) is 4.22. The largest absolute Gasteiger partial charge is 0.487 e. The van der Waals surface area contributed by atoms with Crippen LogP contribution in [0.4, 0.5) is 17.1 Å². The minimum atomic E-state index is -3.64. The van der Waals surface area contributed by atoms with E-state index in [0.717, 1.165) is 5.56 Å². The molecule has 1 saturated heterocycles. The molecule has 1 amide bonds. The third-order valence-corrected chi connectivity index (χ3v) is 8.38. The summed E-state index contributed by atoms with van der Waals surface area (Å²) in [6, 6.07) is 15.8. The van der Waals surface area contributed by atoms with Crippen LogP contribution in [-0.2, 0) is 10.0 Å². The van der Waals surface area contributed by atoms with E-state index in [0.29, 0.717) is 29.5 Å². The number of nitrogens with zero attached hydrogens (tertiary/aromatic N) is 3. The van der Waals surface area contributed by atoms with Crippen molar-refractivity contribution in [2.45, 2.75) is 18.7 Å². The van der Waals surface area contributed by atoms with Gasteiger partial charge in [-0.15, -0.1) is 0 Å². The van der Waals surface area contributed by atoms with E-state index in [2.05, 4.69) is 5.32 Å². The number of sulfonamides is 1. The highest BCUT2D eigenvalue weighted by Gasteiger charge is 2.30. The SMILES string of the molecule is CCOc1ccc(C(=O)Nc2cccc(Cl)c2N2CCN(S(=O)(=O)c3ccc(C)cc3)CC2)cc1[N+](=O)[O-]. The summed E-state index contributed by atoms with van der Waals surface area (Å²) in [5.74, 6) is -0.476. The summed E-state index contributed by atoms with van der Waals surface area (Å²) in [6.07, 6.45) is 0. The maximum Gasteiger partial charge on any atom is 0.311 e. The molecule has 3 aromatic rings. The Kier molecular flexibility index (Phi) is 8.20. The van der Waals surface area contributed by atoms with Gasteiger partial charge in [-0.05, 0) is 50.2 Å². The third-order valence-electron chi connectivity index (χ3n) is 6.17. The number of aryl methyl sites for hydroxylation is 1. The Balaban J connectivity index is 1.53. The minimum Gasteiger partial charge on any atom is -0.487 e. The lowest BCUT2D eigenvalue weighted by Crippen LogP contribution is -2.49. The molecule has 0 aliphatic carbocycles. The quantitative estimate of drug-likeness (QED) is 0.313. The van der Waals surface area contributed by atoms with E-state index in [1.165, 1.54) is 22.5 Å². The maximum absolute atomic E-state index is 13.1. The van der Waals surface area contributed by atoms with Crippen LogP contribution < -0.4 is 15.0 Å². The van der Waals surface area contributed by atoms with E-state index in [4.69, 9.17) is 16.3 Å². The number of carbonyl (C=O) groups is 1. The second kappa shape index (κ2) is 11.4. The Bertz CT molecular complexity index is 1460. The zero-order valence-corrected chi connectivity index (χ0v) is 22.5. The first-order chi connectivity index (χ1) is 18.1. The van der Waals surface area contributed by atoms with Crippen molar-refractivity contribution in [2.24, 2.45) is 0 Å². The molecule has 38 heavy (non-hydrogen) atoms. The fourth-order valence-corrected chi connectivity index (χ4v) is 5.94. The number of rotatable bonds is 8. The van der Waals surface area contributed by atoms with Crippen molar-refractivity contribution in [3.05, 3.63) is 86.9 Å². The lowest BCUT2D eigenvalue weighted by atomic mass is 10.1. The van der Waals surface area contributed by atoms with Crippen molar-refractivity contribution in [1.29, 1.82) is 0 Å². The summed E-state index contributed by atoms with van der Waals surface area (Å²) in [4.78, 5) is 26.1.